The Morgan fingerprint density at radius 3 is 1.80 bits per heavy atom. The Balaban J connectivity index is 1.17. The van der Waals surface area contributed by atoms with Crippen LogP contribution in [0.2, 0.25) is 0 Å². The number of aliphatic hydroxyl groups is 2. The summed E-state index contributed by atoms with van der Waals surface area (Å²) in [5, 5.41) is 26.9. The number of rotatable bonds is 2. The van der Waals surface area contributed by atoms with E-state index in [0.29, 0.717) is 0 Å². The van der Waals surface area contributed by atoms with E-state index in [0.717, 1.165) is 0 Å². The van der Waals surface area contributed by atoms with Crippen LogP contribution < -0.4 is 26.5 Å². The summed E-state index contributed by atoms with van der Waals surface area (Å²) in [5.41, 5.74) is 12.5. The average Bonchev–Trinajstić information content (AvgIpc) is 3.73. The number of anilines is 2. The largest absolute Gasteiger partial charge is 0.766 e. The summed E-state index contributed by atoms with van der Waals surface area (Å²) >= 11 is 0. The second-order valence-corrected chi connectivity index (χ2v) is 13.3. The molecule has 0 aromatic carbocycles. The Morgan fingerprint density at radius 2 is 1.27 bits per heavy atom. The van der Waals surface area contributed by atoms with Crippen LogP contribution in [0.4, 0.5) is 11.6 Å². The minimum Gasteiger partial charge on any atom is -0.766 e. The van der Waals surface area contributed by atoms with Crippen molar-refractivity contribution in [2.45, 2.75) is 49.0 Å². The molecule has 10 atom stereocenters. The van der Waals surface area contributed by atoms with Gasteiger partial charge in [0.2, 0.25) is 7.75 Å². The van der Waals surface area contributed by atoms with Crippen molar-refractivity contribution >= 4 is 49.5 Å². The molecule has 4 aromatic rings. The summed E-state index contributed by atoms with van der Waals surface area (Å²) in [7, 11) is -9.72. The van der Waals surface area contributed by atoms with E-state index in [1.54, 1.807) is 0 Å². The van der Waals surface area contributed by atoms with Gasteiger partial charge in [0.25, 0.3) is 0 Å². The normalized spacial score (nSPS) is 38.3. The molecule has 0 spiro atoms. The highest BCUT2D eigenvalue weighted by Crippen LogP contribution is 2.46. The molecule has 0 aliphatic carbocycles. The molecule has 3 fully saturated rings. The summed E-state index contributed by atoms with van der Waals surface area (Å²) in [5.74, 6) is 0.131. The van der Waals surface area contributed by atoms with Gasteiger partial charge in [0.1, 0.15) is 48.1 Å². The maximum Gasteiger partial charge on any atom is 0.403 e. The highest BCUT2D eigenvalue weighted by Gasteiger charge is 2.51. The highest BCUT2D eigenvalue weighted by molar-refractivity contribution is 7.50. The smallest absolute Gasteiger partial charge is 0.403 e. The van der Waals surface area contributed by atoms with Gasteiger partial charge in [-0.3, -0.25) is 18.2 Å². The number of nitrogens with one attached hydrogen (secondary N) is 2. The molecule has 3 aliphatic heterocycles. The Kier molecular flexibility index (Phi) is 7.16. The van der Waals surface area contributed by atoms with Crippen LogP contribution in [-0.2, 0) is 27.7 Å². The number of nitrogens with two attached hydrogens (primary N) is 2. The van der Waals surface area contributed by atoms with E-state index in [9.17, 15) is 29.1 Å². The number of imidazole rings is 2. The lowest BCUT2D eigenvalue weighted by molar-refractivity contribution is -0.206. The fraction of sp³-hybridized carbons (Fsp3) is 0.500. The molecular formula is C20H25N12O10P2-. The predicted octanol–water partition coefficient (Wildman–Crippen LogP) is -3.12. The van der Waals surface area contributed by atoms with E-state index in [1.807, 2.05) is 0 Å². The van der Waals surface area contributed by atoms with Crippen LogP contribution >= 0.6 is 15.5 Å². The number of fused-ring (bicyclic) bond motifs is 4. The molecule has 236 valence electrons. The molecular weight excluding hydrogens is 630 g/mol. The third-order valence-electron chi connectivity index (χ3n) is 7.51. The van der Waals surface area contributed by atoms with Gasteiger partial charge in [-0.1, -0.05) is 0 Å². The van der Waals surface area contributed by atoms with Gasteiger partial charge in [-0.2, -0.15) is 0 Å². The monoisotopic (exact) mass is 655 g/mol. The molecule has 7 heterocycles. The van der Waals surface area contributed by atoms with Crippen molar-refractivity contribution < 1.29 is 47.7 Å². The molecule has 0 saturated carbocycles. The van der Waals surface area contributed by atoms with Gasteiger partial charge in [-0.25, -0.2) is 44.6 Å². The maximum atomic E-state index is 13.2. The van der Waals surface area contributed by atoms with Crippen molar-refractivity contribution in [2.24, 2.45) is 0 Å². The lowest BCUT2D eigenvalue weighted by Gasteiger charge is -2.33. The van der Waals surface area contributed by atoms with Crippen molar-refractivity contribution in [1.29, 1.82) is 0 Å². The van der Waals surface area contributed by atoms with Crippen molar-refractivity contribution in [3.05, 3.63) is 25.3 Å². The highest BCUT2D eigenvalue weighted by atomic mass is 31.2. The Bertz CT molecular complexity index is 1690. The Morgan fingerprint density at radius 1 is 0.795 bits per heavy atom. The van der Waals surface area contributed by atoms with Crippen molar-refractivity contribution in [3.8, 4) is 0 Å². The van der Waals surface area contributed by atoms with E-state index >= 15 is 0 Å². The van der Waals surface area contributed by atoms with Crippen LogP contribution in [0.1, 0.15) is 12.5 Å². The topological polar surface area (TPSA) is 318 Å². The average molecular weight is 655 g/mol. The number of aliphatic hydroxyl groups excluding tert-OH is 2. The van der Waals surface area contributed by atoms with Gasteiger partial charge < -0.3 is 45.5 Å². The number of hydrogen-bond acceptors (Lipinski definition) is 17. The standard InChI is InChI=1S/C20H26N12O10P2/c21-15-11-17(25-3-23-15)31(5-27-11)19-13(33)9-7(41-19)1-39-43(35,36)30-10-8(2-40-44(37,38)29-9)42-20(14(10)34)32-6-28-12-16(22)24-4-26-18(12)32/h3-10,13-14,19-20,33-34H,1-2H2,(H2,21,23,25)(H2,22,24,26)(H2,29,37,38)(H2,30,35,36)/p-1/t7-,8-,9?,10?,13?,14?,19-,20-/m1/s1. The minimum atomic E-state index is -4.98. The summed E-state index contributed by atoms with van der Waals surface area (Å²) in [6, 6.07) is -2.80. The summed E-state index contributed by atoms with van der Waals surface area (Å²) < 4.78 is 51.1. The molecule has 0 radical (unpaired) electrons. The van der Waals surface area contributed by atoms with Crippen molar-refractivity contribution in [1.82, 2.24) is 49.2 Å². The van der Waals surface area contributed by atoms with Gasteiger partial charge >= 0.3 is 7.75 Å². The number of aromatic nitrogens is 8. The fourth-order valence-corrected chi connectivity index (χ4v) is 7.67. The number of nitrogens with zero attached hydrogens (tertiary/aromatic N) is 8. The molecule has 44 heavy (non-hydrogen) atoms. The zero-order valence-corrected chi connectivity index (χ0v) is 24.0. The van der Waals surface area contributed by atoms with Crippen molar-refractivity contribution in [2.75, 3.05) is 24.7 Å². The first-order valence-electron chi connectivity index (χ1n) is 12.9. The Labute approximate surface area is 245 Å². The number of hydrogen-bond donors (Lipinski definition) is 7. The molecule has 24 heteroatoms. The summed E-state index contributed by atoms with van der Waals surface area (Å²) in [4.78, 5) is 48.0. The Hall–Kier alpha value is -3.24. The zero-order valence-electron chi connectivity index (χ0n) is 22.2. The lowest BCUT2D eigenvalue weighted by atomic mass is 10.1. The van der Waals surface area contributed by atoms with Crippen LogP contribution in [0, 0.1) is 0 Å². The molecule has 4 aromatic heterocycles. The van der Waals surface area contributed by atoms with E-state index in [-0.39, 0.29) is 34.0 Å². The fourth-order valence-electron chi connectivity index (χ4n) is 5.45. The first-order chi connectivity index (χ1) is 20.9. The second-order valence-electron chi connectivity index (χ2n) is 10.2. The van der Waals surface area contributed by atoms with Crippen LogP contribution in [-0.4, -0.2) is 104 Å². The minimum absolute atomic E-state index is 0.0646. The quantitative estimate of drug-likeness (QED) is 0.105. The lowest BCUT2D eigenvalue weighted by Crippen LogP contribution is -2.49. The van der Waals surface area contributed by atoms with Crippen LogP contribution in [0.15, 0.2) is 25.3 Å². The maximum absolute atomic E-state index is 13.2. The zero-order chi connectivity index (χ0) is 31.0. The van der Waals surface area contributed by atoms with E-state index < -0.39 is 77.7 Å². The summed E-state index contributed by atoms with van der Waals surface area (Å²) in [6.07, 6.45) is -3.41. The third kappa shape index (κ3) is 5.04. The van der Waals surface area contributed by atoms with Gasteiger partial charge in [0.05, 0.1) is 38.0 Å². The summed E-state index contributed by atoms with van der Waals surface area (Å²) in [6.45, 7) is -1.40. The van der Waals surface area contributed by atoms with Crippen LogP contribution in [0.5, 0.6) is 0 Å². The van der Waals surface area contributed by atoms with Crippen molar-refractivity contribution in [3.63, 3.8) is 0 Å². The molecule has 22 nitrogen and oxygen atoms in total. The molecule has 7 rings (SSSR count). The molecule has 0 bridgehead atoms. The first kappa shape index (κ1) is 29.5. The molecule has 9 N–H and O–H groups in total. The third-order valence-corrected chi connectivity index (χ3v) is 9.74. The molecule has 6 unspecified atom stereocenters. The van der Waals surface area contributed by atoms with Gasteiger partial charge in [-0.05, 0) is 0 Å². The number of nitrogen functional groups attached to an aromatic ring is 2. The van der Waals surface area contributed by atoms with E-state index in [4.69, 9.17) is 30.0 Å². The van der Waals surface area contributed by atoms with Crippen LogP contribution in [0.25, 0.3) is 22.3 Å². The van der Waals surface area contributed by atoms with Gasteiger partial charge in [0, 0.05) is 0 Å². The molecule has 3 aliphatic rings. The van der Waals surface area contributed by atoms with Crippen LogP contribution in [0.3, 0.4) is 0 Å². The molecule has 0 amide bonds. The van der Waals surface area contributed by atoms with E-state index in [2.05, 4.69) is 40.1 Å². The predicted molar refractivity (Wildman–Crippen MR) is 142 cm³/mol. The number of ether oxygens (including phenoxy) is 2. The SMILES string of the molecule is Nc1ncnc2c1ncn2[C@@H]1O[C@@H]2COP(=O)(O)NC3C(O)[C@H](n4cnc5c(N)ncnc54)O[C@@H]3COP(=O)([O-])NC2C1O. The second kappa shape index (κ2) is 10.7. The first-order valence-corrected chi connectivity index (χ1v) is 16.1. The van der Waals surface area contributed by atoms with E-state index in [1.165, 1.54) is 34.4 Å². The van der Waals surface area contributed by atoms with Gasteiger partial charge in [-0.15, -0.1) is 0 Å². The molecule has 3 saturated heterocycles. The van der Waals surface area contributed by atoms with Gasteiger partial charge in [0.15, 0.2) is 35.4 Å².